The summed E-state index contributed by atoms with van der Waals surface area (Å²) in [5.74, 6) is 0. The molecule has 0 saturated carbocycles. The summed E-state index contributed by atoms with van der Waals surface area (Å²) in [5.41, 5.74) is 0. The van der Waals surface area contributed by atoms with Crippen molar-refractivity contribution in [2.45, 2.75) is 26.0 Å². The number of hydrogen-bond donors (Lipinski definition) is 1. The van der Waals surface area contributed by atoms with Crippen molar-refractivity contribution in [3.05, 3.63) is 12.7 Å². The van der Waals surface area contributed by atoms with E-state index in [4.69, 9.17) is 5.11 Å². The predicted molar refractivity (Wildman–Crippen MR) is 36.3 cm³/mol. The Morgan fingerprint density at radius 1 is 1.70 bits per heavy atom. The van der Waals surface area contributed by atoms with Crippen LogP contribution in [0.2, 0.25) is 0 Å². The van der Waals surface area contributed by atoms with Crippen LogP contribution in [0, 0.1) is 0 Å². The van der Waals surface area contributed by atoms with Crippen molar-refractivity contribution in [1.29, 1.82) is 0 Å². The zero-order valence-corrected chi connectivity index (χ0v) is 5.94. The Hall–Kier alpha value is -0.900. The van der Waals surface area contributed by atoms with Gasteiger partial charge in [-0.2, -0.15) is 5.10 Å². The molecule has 10 heavy (non-hydrogen) atoms. The van der Waals surface area contributed by atoms with Gasteiger partial charge in [0.1, 0.15) is 12.7 Å². The molecule has 0 bridgehead atoms. The van der Waals surface area contributed by atoms with Crippen LogP contribution in [0.3, 0.4) is 0 Å². The molecule has 1 heterocycles. The molecule has 0 radical (unpaired) electrons. The summed E-state index contributed by atoms with van der Waals surface area (Å²) in [6.07, 6.45) is 3.59. The lowest BCUT2D eigenvalue weighted by Crippen LogP contribution is -2.06. The summed E-state index contributed by atoms with van der Waals surface area (Å²) >= 11 is 0. The number of aliphatic hydroxyl groups is 1. The third-order valence-corrected chi connectivity index (χ3v) is 1.24. The molecular formula is C6H11N3O. The minimum Gasteiger partial charge on any atom is -0.393 e. The first-order chi connectivity index (χ1) is 4.79. The Morgan fingerprint density at radius 3 is 3.00 bits per heavy atom. The van der Waals surface area contributed by atoms with Crippen LogP contribution in [0.4, 0.5) is 0 Å². The molecule has 1 atom stereocenters. The zero-order chi connectivity index (χ0) is 7.40. The van der Waals surface area contributed by atoms with Gasteiger partial charge < -0.3 is 5.11 Å². The topological polar surface area (TPSA) is 50.9 Å². The molecule has 0 spiro atoms. The molecule has 1 rings (SSSR count). The van der Waals surface area contributed by atoms with Gasteiger partial charge >= 0.3 is 0 Å². The maximum Gasteiger partial charge on any atom is 0.137 e. The van der Waals surface area contributed by atoms with Crippen LogP contribution >= 0.6 is 0 Å². The summed E-state index contributed by atoms with van der Waals surface area (Å²) in [5, 5.41) is 12.8. The highest BCUT2D eigenvalue weighted by atomic mass is 16.3. The maximum atomic E-state index is 8.89. The Labute approximate surface area is 59.5 Å². The first kappa shape index (κ1) is 7.21. The van der Waals surface area contributed by atoms with Crippen molar-refractivity contribution < 1.29 is 5.11 Å². The second-order valence-corrected chi connectivity index (χ2v) is 2.30. The van der Waals surface area contributed by atoms with E-state index < -0.39 is 0 Å². The molecule has 0 aliphatic heterocycles. The summed E-state index contributed by atoms with van der Waals surface area (Å²) in [6.45, 7) is 2.49. The van der Waals surface area contributed by atoms with Gasteiger partial charge in [0.15, 0.2) is 0 Å². The van der Waals surface area contributed by atoms with Crippen molar-refractivity contribution in [3.63, 3.8) is 0 Å². The molecular weight excluding hydrogens is 130 g/mol. The van der Waals surface area contributed by atoms with Gasteiger partial charge in [-0.05, 0) is 13.3 Å². The summed E-state index contributed by atoms with van der Waals surface area (Å²) < 4.78 is 1.70. The fraction of sp³-hybridized carbons (Fsp3) is 0.667. The van der Waals surface area contributed by atoms with Gasteiger partial charge in [0.05, 0.1) is 6.10 Å². The van der Waals surface area contributed by atoms with E-state index in [1.165, 1.54) is 6.33 Å². The molecule has 0 saturated heterocycles. The second-order valence-electron chi connectivity index (χ2n) is 2.30. The molecule has 4 nitrogen and oxygen atoms in total. The SMILES string of the molecule is C[C@@H](O)CCn1cncn1. The third kappa shape index (κ3) is 2.14. The van der Waals surface area contributed by atoms with E-state index in [2.05, 4.69) is 10.1 Å². The number of aliphatic hydroxyl groups excluding tert-OH is 1. The van der Waals surface area contributed by atoms with Crippen molar-refractivity contribution in [3.8, 4) is 0 Å². The maximum absolute atomic E-state index is 8.89. The highest BCUT2D eigenvalue weighted by molar-refractivity contribution is 4.56. The van der Waals surface area contributed by atoms with Gasteiger partial charge in [-0.1, -0.05) is 0 Å². The van der Waals surface area contributed by atoms with Gasteiger partial charge in [0, 0.05) is 6.54 Å². The first-order valence-corrected chi connectivity index (χ1v) is 3.29. The second kappa shape index (κ2) is 3.31. The molecule has 0 amide bonds. The minimum atomic E-state index is -0.260. The zero-order valence-electron chi connectivity index (χ0n) is 5.94. The average Bonchev–Trinajstić information content (AvgIpc) is 2.34. The fourth-order valence-electron chi connectivity index (χ4n) is 0.667. The number of hydrogen-bond acceptors (Lipinski definition) is 3. The Bertz CT molecular complexity index is 171. The molecule has 0 fully saturated rings. The molecule has 0 aliphatic rings. The molecule has 0 aliphatic carbocycles. The van der Waals surface area contributed by atoms with E-state index in [0.29, 0.717) is 0 Å². The highest BCUT2D eigenvalue weighted by Crippen LogP contribution is 1.91. The lowest BCUT2D eigenvalue weighted by molar-refractivity contribution is 0.176. The molecule has 56 valence electrons. The van der Waals surface area contributed by atoms with Crippen LogP contribution in [0.25, 0.3) is 0 Å². The van der Waals surface area contributed by atoms with E-state index in [-0.39, 0.29) is 6.10 Å². The quantitative estimate of drug-likeness (QED) is 0.647. The van der Waals surface area contributed by atoms with Gasteiger partial charge in [0.25, 0.3) is 0 Å². The van der Waals surface area contributed by atoms with E-state index in [0.717, 1.165) is 13.0 Å². The smallest absolute Gasteiger partial charge is 0.137 e. The predicted octanol–water partition coefficient (Wildman–Crippen LogP) is 0.0490. The Balaban J connectivity index is 2.28. The van der Waals surface area contributed by atoms with Gasteiger partial charge in [-0.3, -0.25) is 4.68 Å². The van der Waals surface area contributed by atoms with Crippen LogP contribution in [0.5, 0.6) is 0 Å². The molecule has 4 heteroatoms. The van der Waals surface area contributed by atoms with Crippen LogP contribution in [0.15, 0.2) is 12.7 Å². The van der Waals surface area contributed by atoms with E-state index in [1.807, 2.05) is 0 Å². The summed E-state index contributed by atoms with van der Waals surface area (Å²) in [4.78, 5) is 3.77. The molecule has 1 aromatic rings. The van der Waals surface area contributed by atoms with Gasteiger partial charge in [-0.15, -0.1) is 0 Å². The van der Waals surface area contributed by atoms with E-state index in [1.54, 1.807) is 17.9 Å². The van der Waals surface area contributed by atoms with E-state index >= 15 is 0 Å². The van der Waals surface area contributed by atoms with Gasteiger partial charge in [-0.25, -0.2) is 4.98 Å². The number of rotatable bonds is 3. The van der Waals surface area contributed by atoms with Crippen molar-refractivity contribution in [2.24, 2.45) is 0 Å². The standard InChI is InChI=1S/C6H11N3O/c1-6(10)2-3-9-5-7-4-8-9/h4-6,10H,2-3H2,1H3/t6-/m1/s1. The van der Waals surface area contributed by atoms with E-state index in [9.17, 15) is 0 Å². The third-order valence-electron chi connectivity index (χ3n) is 1.24. The largest absolute Gasteiger partial charge is 0.393 e. The van der Waals surface area contributed by atoms with Crippen LogP contribution in [-0.4, -0.2) is 26.0 Å². The van der Waals surface area contributed by atoms with Gasteiger partial charge in [0.2, 0.25) is 0 Å². The normalized spacial score (nSPS) is 13.4. The molecule has 1 N–H and O–H groups in total. The highest BCUT2D eigenvalue weighted by Gasteiger charge is 1.95. The minimum absolute atomic E-state index is 0.260. The first-order valence-electron chi connectivity index (χ1n) is 3.29. The Kier molecular flexibility index (Phi) is 2.39. The lowest BCUT2D eigenvalue weighted by atomic mass is 10.3. The van der Waals surface area contributed by atoms with Crippen LogP contribution < -0.4 is 0 Å². The number of nitrogens with zero attached hydrogens (tertiary/aromatic N) is 3. The van der Waals surface area contributed by atoms with Crippen LogP contribution in [-0.2, 0) is 6.54 Å². The summed E-state index contributed by atoms with van der Waals surface area (Å²) in [7, 11) is 0. The van der Waals surface area contributed by atoms with Crippen molar-refractivity contribution in [2.75, 3.05) is 0 Å². The molecule has 0 aromatic carbocycles. The fourth-order valence-corrected chi connectivity index (χ4v) is 0.667. The lowest BCUT2D eigenvalue weighted by Gasteiger charge is -2.01. The number of aromatic nitrogens is 3. The van der Waals surface area contributed by atoms with Crippen molar-refractivity contribution >= 4 is 0 Å². The summed E-state index contributed by atoms with van der Waals surface area (Å²) in [6, 6.07) is 0. The average molecular weight is 141 g/mol. The molecule has 0 unspecified atom stereocenters. The van der Waals surface area contributed by atoms with Crippen molar-refractivity contribution in [1.82, 2.24) is 14.8 Å². The number of aryl methyl sites for hydroxylation is 1. The monoisotopic (exact) mass is 141 g/mol. The molecule has 1 aromatic heterocycles. The Morgan fingerprint density at radius 2 is 2.50 bits per heavy atom. The van der Waals surface area contributed by atoms with Crippen LogP contribution in [0.1, 0.15) is 13.3 Å².